The van der Waals surface area contributed by atoms with Crippen molar-refractivity contribution in [2.24, 2.45) is 0 Å². The summed E-state index contributed by atoms with van der Waals surface area (Å²) in [4.78, 5) is 14.7. The van der Waals surface area contributed by atoms with Gasteiger partial charge in [-0.05, 0) is 37.6 Å². The van der Waals surface area contributed by atoms with Gasteiger partial charge < -0.3 is 10.1 Å². The van der Waals surface area contributed by atoms with Crippen molar-refractivity contribution >= 4 is 16.6 Å². The number of fused-ring (bicyclic) bond motifs is 1. The maximum absolute atomic E-state index is 11.0. The van der Waals surface area contributed by atoms with Gasteiger partial charge in [0, 0.05) is 23.7 Å². The van der Waals surface area contributed by atoms with Crippen molar-refractivity contribution in [1.82, 2.24) is 10.3 Å². The van der Waals surface area contributed by atoms with E-state index in [1.54, 1.807) is 24.4 Å². The lowest BCUT2D eigenvalue weighted by Gasteiger charge is -2.13. The van der Waals surface area contributed by atoms with Gasteiger partial charge in [0.15, 0.2) is 5.52 Å². The van der Waals surface area contributed by atoms with Crippen LogP contribution in [0.3, 0.4) is 0 Å². The van der Waals surface area contributed by atoms with Crippen LogP contribution in [0, 0.1) is 10.1 Å². The summed E-state index contributed by atoms with van der Waals surface area (Å²) in [5.41, 5.74) is 0.376. The van der Waals surface area contributed by atoms with E-state index in [9.17, 15) is 10.1 Å². The van der Waals surface area contributed by atoms with Crippen LogP contribution < -0.4 is 10.1 Å². The van der Waals surface area contributed by atoms with E-state index in [-0.39, 0.29) is 5.69 Å². The largest absolute Gasteiger partial charge is 0.491 e. The van der Waals surface area contributed by atoms with Crippen molar-refractivity contribution in [3.8, 4) is 5.75 Å². The molecule has 1 aromatic carbocycles. The molecule has 0 amide bonds. The highest BCUT2D eigenvalue weighted by molar-refractivity contribution is 5.91. The minimum Gasteiger partial charge on any atom is -0.491 e. The molecule has 1 aromatic heterocycles. The van der Waals surface area contributed by atoms with Crippen LogP contribution in [-0.4, -0.2) is 29.1 Å². The van der Waals surface area contributed by atoms with Crippen LogP contribution in [0.25, 0.3) is 10.9 Å². The van der Waals surface area contributed by atoms with Gasteiger partial charge in [-0.25, -0.2) is 4.98 Å². The Kier molecular flexibility index (Phi) is 3.47. The van der Waals surface area contributed by atoms with Crippen molar-refractivity contribution in [2.75, 3.05) is 13.2 Å². The van der Waals surface area contributed by atoms with Gasteiger partial charge in [-0.2, -0.15) is 0 Å². The molecule has 20 heavy (non-hydrogen) atoms. The number of rotatable bonds is 4. The number of hydrogen-bond acceptors (Lipinski definition) is 5. The van der Waals surface area contributed by atoms with Crippen LogP contribution in [0.15, 0.2) is 30.5 Å². The molecule has 6 heteroatoms. The Morgan fingerprint density at radius 2 is 2.35 bits per heavy atom. The predicted molar refractivity (Wildman–Crippen MR) is 74.9 cm³/mol. The Morgan fingerprint density at radius 3 is 3.10 bits per heavy atom. The normalized spacial score (nSPS) is 18.3. The van der Waals surface area contributed by atoms with Crippen LogP contribution in [0.5, 0.6) is 5.75 Å². The maximum atomic E-state index is 11.0. The Labute approximate surface area is 115 Å². The summed E-state index contributed by atoms with van der Waals surface area (Å²) >= 11 is 0. The standard InChI is InChI=1S/C14H15N3O3/c18-17(19)12-5-6-13(11-4-2-8-16-14(11)12)20-9-10-3-1-7-15-10/h2,4-6,8,10,15H,1,3,7,9H2/t10-/m1/s1. The summed E-state index contributed by atoms with van der Waals surface area (Å²) in [6.45, 7) is 1.60. The molecule has 1 aliphatic rings. The zero-order chi connectivity index (χ0) is 13.9. The van der Waals surface area contributed by atoms with Crippen molar-refractivity contribution in [2.45, 2.75) is 18.9 Å². The zero-order valence-corrected chi connectivity index (χ0v) is 10.9. The molecule has 1 saturated heterocycles. The molecule has 3 rings (SSSR count). The molecule has 104 valence electrons. The summed E-state index contributed by atoms with van der Waals surface area (Å²) in [5.74, 6) is 0.646. The monoisotopic (exact) mass is 273 g/mol. The number of aromatic nitrogens is 1. The van der Waals surface area contributed by atoms with Gasteiger partial charge in [0.1, 0.15) is 12.4 Å². The average Bonchev–Trinajstić information content (AvgIpc) is 2.97. The van der Waals surface area contributed by atoms with E-state index in [4.69, 9.17) is 4.74 Å². The SMILES string of the molecule is O=[N+]([O-])c1ccc(OC[C@H]2CCCN2)c2cccnc12. The lowest BCUT2D eigenvalue weighted by atomic mass is 10.1. The first kappa shape index (κ1) is 12.8. The predicted octanol–water partition coefficient (Wildman–Crippen LogP) is 2.27. The number of benzene rings is 1. The Bertz CT molecular complexity index is 639. The fraction of sp³-hybridized carbons (Fsp3) is 0.357. The summed E-state index contributed by atoms with van der Waals surface area (Å²) in [6, 6.07) is 7.01. The Morgan fingerprint density at radius 1 is 1.45 bits per heavy atom. The Hall–Kier alpha value is -2.21. The third-order valence-corrected chi connectivity index (χ3v) is 3.51. The highest BCUT2D eigenvalue weighted by Gasteiger charge is 2.18. The van der Waals surface area contributed by atoms with Gasteiger partial charge in [0.2, 0.25) is 0 Å². The van der Waals surface area contributed by atoms with Crippen molar-refractivity contribution in [1.29, 1.82) is 0 Å². The molecule has 0 unspecified atom stereocenters. The van der Waals surface area contributed by atoms with Crippen LogP contribution in [0.1, 0.15) is 12.8 Å². The highest BCUT2D eigenvalue weighted by atomic mass is 16.6. The average molecular weight is 273 g/mol. The van der Waals surface area contributed by atoms with E-state index in [1.165, 1.54) is 6.07 Å². The molecule has 0 radical (unpaired) electrons. The topological polar surface area (TPSA) is 77.3 Å². The maximum Gasteiger partial charge on any atom is 0.295 e. The number of ether oxygens (including phenoxy) is 1. The van der Waals surface area contributed by atoms with E-state index < -0.39 is 4.92 Å². The Balaban J connectivity index is 1.91. The first-order valence-corrected chi connectivity index (χ1v) is 6.64. The van der Waals surface area contributed by atoms with Crippen molar-refractivity contribution in [3.05, 3.63) is 40.6 Å². The van der Waals surface area contributed by atoms with E-state index in [1.807, 2.05) is 0 Å². The molecule has 2 heterocycles. The van der Waals surface area contributed by atoms with E-state index in [2.05, 4.69) is 10.3 Å². The fourth-order valence-electron chi connectivity index (χ4n) is 2.49. The van der Waals surface area contributed by atoms with Crippen LogP contribution in [-0.2, 0) is 0 Å². The number of nitrogens with zero attached hydrogens (tertiary/aromatic N) is 2. The molecule has 0 spiro atoms. The molecule has 6 nitrogen and oxygen atoms in total. The third kappa shape index (κ3) is 2.42. The molecule has 0 saturated carbocycles. The minimum absolute atomic E-state index is 0.00643. The van der Waals surface area contributed by atoms with E-state index in [0.717, 1.165) is 19.4 Å². The smallest absolute Gasteiger partial charge is 0.295 e. The van der Waals surface area contributed by atoms with E-state index >= 15 is 0 Å². The molecule has 0 bridgehead atoms. The van der Waals surface area contributed by atoms with Crippen molar-refractivity contribution < 1.29 is 9.66 Å². The van der Waals surface area contributed by atoms with Crippen molar-refractivity contribution in [3.63, 3.8) is 0 Å². The molecule has 1 fully saturated rings. The second kappa shape index (κ2) is 5.42. The van der Waals surface area contributed by atoms with Crippen LogP contribution >= 0.6 is 0 Å². The fourth-order valence-corrected chi connectivity index (χ4v) is 2.49. The number of non-ortho nitro benzene ring substituents is 1. The summed E-state index contributed by atoms with van der Waals surface area (Å²) in [6.07, 6.45) is 3.82. The lowest BCUT2D eigenvalue weighted by Crippen LogP contribution is -2.28. The summed E-state index contributed by atoms with van der Waals surface area (Å²) in [5, 5.41) is 15.0. The van der Waals surface area contributed by atoms with Gasteiger partial charge >= 0.3 is 0 Å². The number of pyridine rings is 1. The molecule has 2 aromatic rings. The second-order valence-corrected chi connectivity index (χ2v) is 4.84. The number of nitro groups is 1. The molecular formula is C14H15N3O3. The summed E-state index contributed by atoms with van der Waals surface area (Å²) in [7, 11) is 0. The van der Waals surface area contributed by atoms with Gasteiger partial charge in [-0.15, -0.1) is 0 Å². The number of nitrogens with one attached hydrogen (secondary N) is 1. The molecule has 1 N–H and O–H groups in total. The van der Waals surface area contributed by atoms with Gasteiger partial charge in [0.25, 0.3) is 5.69 Å². The van der Waals surface area contributed by atoms with E-state index in [0.29, 0.717) is 29.3 Å². The first-order chi connectivity index (χ1) is 9.75. The molecule has 0 aliphatic carbocycles. The van der Waals surface area contributed by atoms with Gasteiger partial charge in [-0.3, -0.25) is 10.1 Å². The zero-order valence-electron chi connectivity index (χ0n) is 10.9. The van der Waals surface area contributed by atoms with Crippen LogP contribution in [0.2, 0.25) is 0 Å². The first-order valence-electron chi connectivity index (χ1n) is 6.64. The minimum atomic E-state index is -0.419. The molecular weight excluding hydrogens is 258 g/mol. The van der Waals surface area contributed by atoms with Gasteiger partial charge in [0.05, 0.1) is 4.92 Å². The van der Waals surface area contributed by atoms with Gasteiger partial charge in [-0.1, -0.05) is 0 Å². The second-order valence-electron chi connectivity index (χ2n) is 4.84. The number of hydrogen-bond donors (Lipinski definition) is 1. The molecule has 1 atom stereocenters. The number of nitro benzene ring substituents is 1. The summed E-state index contributed by atoms with van der Waals surface area (Å²) < 4.78 is 5.81. The molecule has 1 aliphatic heterocycles. The highest BCUT2D eigenvalue weighted by Crippen LogP contribution is 2.31. The van der Waals surface area contributed by atoms with Crippen LogP contribution in [0.4, 0.5) is 5.69 Å². The third-order valence-electron chi connectivity index (χ3n) is 3.51. The quantitative estimate of drug-likeness (QED) is 0.683. The lowest BCUT2D eigenvalue weighted by molar-refractivity contribution is -0.383.